The van der Waals surface area contributed by atoms with E-state index < -0.39 is 0 Å². The molecule has 1 aliphatic rings. The first-order valence-electron chi connectivity index (χ1n) is 10.2. The summed E-state index contributed by atoms with van der Waals surface area (Å²) < 4.78 is 15.8. The molecule has 7 nitrogen and oxygen atoms in total. The summed E-state index contributed by atoms with van der Waals surface area (Å²) in [5.41, 5.74) is 2.22. The number of methoxy groups -OCH3 is 2. The number of likely N-dealkylation sites (tertiary alicyclic amines) is 1. The molecule has 30 heavy (non-hydrogen) atoms. The molecule has 1 aliphatic heterocycles. The van der Waals surface area contributed by atoms with Crippen molar-refractivity contribution in [3.63, 3.8) is 0 Å². The number of anilines is 1. The van der Waals surface area contributed by atoms with Crippen LogP contribution in [0.5, 0.6) is 11.5 Å². The van der Waals surface area contributed by atoms with E-state index in [9.17, 15) is 9.59 Å². The summed E-state index contributed by atoms with van der Waals surface area (Å²) in [6.45, 7) is 3.38. The zero-order valence-electron chi connectivity index (χ0n) is 17.7. The van der Waals surface area contributed by atoms with Crippen LogP contribution in [0, 0.1) is 0 Å². The van der Waals surface area contributed by atoms with Gasteiger partial charge in [0.1, 0.15) is 17.5 Å². The predicted octanol–water partition coefficient (Wildman–Crippen LogP) is 2.24. The minimum atomic E-state index is -0.367. The molecule has 1 fully saturated rings. The average Bonchev–Trinajstić information content (AvgIpc) is 3.21. The van der Waals surface area contributed by atoms with E-state index in [1.807, 2.05) is 18.2 Å². The minimum absolute atomic E-state index is 0.0618. The van der Waals surface area contributed by atoms with Gasteiger partial charge in [-0.05, 0) is 43.3 Å². The summed E-state index contributed by atoms with van der Waals surface area (Å²) in [4.78, 5) is 25.6. The molecule has 0 aromatic heterocycles. The van der Waals surface area contributed by atoms with Gasteiger partial charge in [-0.25, -0.2) is 4.79 Å². The van der Waals surface area contributed by atoms with Gasteiger partial charge in [-0.15, -0.1) is 0 Å². The van der Waals surface area contributed by atoms with E-state index in [2.05, 4.69) is 5.32 Å². The van der Waals surface area contributed by atoms with Crippen molar-refractivity contribution in [3.05, 3.63) is 53.6 Å². The second-order valence-electron chi connectivity index (χ2n) is 7.23. The molecule has 2 aromatic carbocycles. The molecule has 1 unspecified atom stereocenters. The van der Waals surface area contributed by atoms with Crippen molar-refractivity contribution in [3.8, 4) is 11.5 Å². The van der Waals surface area contributed by atoms with Crippen molar-refractivity contribution in [1.82, 2.24) is 0 Å². The van der Waals surface area contributed by atoms with Crippen molar-refractivity contribution in [2.75, 3.05) is 39.2 Å². The third-order valence-corrected chi connectivity index (χ3v) is 5.37. The molecule has 2 aromatic rings. The summed E-state index contributed by atoms with van der Waals surface area (Å²) >= 11 is 0. The highest BCUT2D eigenvalue weighted by molar-refractivity contribution is 5.93. The van der Waals surface area contributed by atoms with E-state index in [-0.39, 0.29) is 17.9 Å². The Balaban J connectivity index is 1.64. The molecule has 0 aliphatic carbocycles. The third-order valence-electron chi connectivity index (χ3n) is 5.37. The Morgan fingerprint density at radius 3 is 2.53 bits per heavy atom. The first-order chi connectivity index (χ1) is 14.5. The summed E-state index contributed by atoms with van der Waals surface area (Å²) in [5, 5.41) is 2.92. The van der Waals surface area contributed by atoms with E-state index in [4.69, 9.17) is 14.2 Å². The number of rotatable bonds is 8. The first-order valence-corrected chi connectivity index (χ1v) is 10.2. The third kappa shape index (κ3) is 5.10. The minimum Gasteiger partial charge on any atom is -0.497 e. The molecular weight excluding hydrogens is 384 g/mol. The Hall–Kier alpha value is -3.06. The molecule has 0 saturated carbocycles. The van der Waals surface area contributed by atoms with Crippen LogP contribution in [0.2, 0.25) is 0 Å². The SMILES string of the molecule is CCOC(=O)c1ccc(NC(=O)C[NH+]2CCC[C@@H]2c2ccc(OC)cc2OC)cc1. The molecule has 0 spiro atoms. The highest BCUT2D eigenvalue weighted by Gasteiger charge is 2.33. The van der Waals surface area contributed by atoms with Gasteiger partial charge in [-0.2, -0.15) is 0 Å². The smallest absolute Gasteiger partial charge is 0.338 e. The molecule has 1 heterocycles. The van der Waals surface area contributed by atoms with E-state index in [0.29, 0.717) is 24.4 Å². The van der Waals surface area contributed by atoms with Gasteiger partial charge in [-0.1, -0.05) is 0 Å². The Kier molecular flexibility index (Phi) is 7.30. The van der Waals surface area contributed by atoms with Crippen LogP contribution in [0.4, 0.5) is 5.69 Å². The zero-order chi connectivity index (χ0) is 21.5. The van der Waals surface area contributed by atoms with E-state index in [1.165, 1.54) is 4.90 Å². The van der Waals surface area contributed by atoms with Crippen LogP contribution in [0.25, 0.3) is 0 Å². The number of esters is 1. The van der Waals surface area contributed by atoms with Crippen LogP contribution in [-0.2, 0) is 9.53 Å². The molecule has 2 atom stereocenters. The Bertz CT molecular complexity index is 882. The number of quaternary nitrogens is 1. The number of carbonyl (C=O) groups is 2. The van der Waals surface area contributed by atoms with Crippen LogP contribution in [0.1, 0.15) is 41.7 Å². The summed E-state index contributed by atoms with van der Waals surface area (Å²) in [5.74, 6) is 1.11. The molecule has 160 valence electrons. The van der Waals surface area contributed by atoms with Gasteiger partial charge in [0.25, 0.3) is 5.91 Å². The first kappa shape index (κ1) is 21.6. The lowest BCUT2D eigenvalue weighted by Gasteiger charge is -2.23. The van der Waals surface area contributed by atoms with Gasteiger partial charge in [-0.3, -0.25) is 4.79 Å². The van der Waals surface area contributed by atoms with Gasteiger partial charge in [0.05, 0.1) is 38.5 Å². The number of ether oxygens (including phenoxy) is 3. The van der Waals surface area contributed by atoms with Crippen LogP contribution in [-0.4, -0.2) is 45.8 Å². The van der Waals surface area contributed by atoms with Gasteiger partial charge in [0, 0.05) is 24.6 Å². The van der Waals surface area contributed by atoms with Gasteiger partial charge >= 0.3 is 5.97 Å². The fraction of sp³-hybridized carbons (Fsp3) is 0.391. The van der Waals surface area contributed by atoms with Crippen LogP contribution in [0.15, 0.2) is 42.5 Å². The van der Waals surface area contributed by atoms with Crippen molar-refractivity contribution in [2.45, 2.75) is 25.8 Å². The quantitative estimate of drug-likeness (QED) is 0.649. The molecule has 1 amide bonds. The van der Waals surface area contributed by atoms with Crippen LogP contribution < -0.4 is 19.7 Å². The topological polar surface area (TPSA) is 78.3 Å². The van der Waals surface area contributed by atoms with Crippen LogP contribution in [0.3, 0.4) is 0 Å². The van der Waals surface area contributed by atoms with Crippen LogP contribution >= 0.6 is 0 Å². The lowest BCUT2D eigenvalue weighted by atomic mass is 10.0. The van der Waals surface area contributed by atoms with Gasteiger partial charge in [0.15, 0.2) is 6.54 Å². The fourth-order valence-electron chi connectivity index (χ4n) is 3.92. The maximum atomic E-state index is 12.6. The van der Waals surface area contributed by atoms with Crippen molar-refractivity contribution in [1.29, 1.82) is 0 Å². The zero-order valence-corrected chi connectivity index (χ0v) is 17.7. The maximum absolute atomic E-state index is 12.6. The van der Waals surface area contributed by atoms with Gasteiger partial charge in [0.2, 0.25) is 0 Å². The summed E-state index contributed by atoms with van der Waals surface area (Å²) in [6.07, 6.45) is 2.05. The highest BCUT2D eigenvalue weighted by atomic mass is 16.5. The normalized spacial score (nSPS) is 18.0. The standard InChI is InChI=1S/C23H28N2O5/c1-4-30-23(27)16-7-9-17(10-8-16)24-22(26)15-25-13-5-6-20(25)19-12-11-18(28-2)14-21(19)29-3/h7-12,14,20H,4-6,13,15H2,1-3H3,(H,24,26)/p+1/t20-/m1/s1. The summed E-state index contributed by atoms with van der Waals surface area (Å²) in [6, 6.07) is 12.8. The molecule has 7 heteroatoms. The molecular formula is C23H29N2O5+. The van der Waals surface area contributed by atoms with E-state index >= 15 is 0 Å². The second-order valence-corrected chi connectivity index (χ2v) is 7.23. The molecule has 2 N–H and O–H groups in total. The monoisotopic (exact) mass is 413 g/mol. The van der Waals surface area contributed by atoms with E-state index in [0.717, 1.165) is 36.4 Å². The molecule has 0 bridgehead atoms. The lowest BCUT2D eigenvalue weighted by Crippen LogP contribution is -3.11. The molecule has 3 rings (SSSR count). The predicted molar refractivity (Wildman–Crippen MR) is 113 cm³/mol. The number of hydrogen-bond acceptors (Lipinski definition) is 5. The second kappa shape index (κ2) is 10.1. The van der Waals surface area contributed by atoms with E-state index in [1.54, 1.807) is 45.4 Å². The summed E-state index contributed by atoms with van der Waals surface area (Å²) in [7, 11) is 3.28. The van der Waals surface area contributed by atoms with Crippen molar-refractivity contribution < 1.29 is 28.7 Å². The average molecular weight is 413 g/mol. The Morgan fingerprint density at radius 2 is 1.87 bits per heavy atom. The Labute approximate surface area is 176 Å². The number of benzene rings is 2. The lowest BCUT2D eigenvalue weighted by molar-refractivity contribution is -0.910. The number of hydrogen-bond donors (Lipinski definition) is 2. The number of amides is 1. The van der Waals surface area contributed by atoms with Crippen molar-refractivity contribution in [2.24, 2.45) is 0 Å². The largest absolute Gasteiger partial charge is 0.497 e. The fourth-order valence-corrected chi connectivity index (χ4v) is 3.92. The Morgan fingerprint density at radius 1 is 1.10 bits per heavy atom. The molecule has 1 saturated heterocycles. The van der Waals surface area contributed by atoms with Crippen molar-refractivity contribution >= 4 is 17.6 Å². The van der Waals surface area contributed by atoms with Gasteiger partial charge < -0.3 is 24.4 Å². The highest BCUT2D eigenvalue weighted by Crippen LogP contribution is 2.31. The number of carbonyl (C=O) groups excluding carboxylic acids is 2. The number of nitrogens with one attached hydrogen (secondary N) is 2. The molecule has 0 radical (unpaired) electrons. The maximum Gasteiger partial charge on any atom is 0.338 e.